The largest absolute Gasteiger partial charge is 0.468 e. The summed E-state index contributed by atoms with van der Waals surface area (Å²) in [5.74, 6) is -0.244. The minimum Gasteiger partial charge on any atom is -0.468 e. The number of carbonyl (C=O) groups is 1. The highest BCUT2D eigenvalue weighted by molar-refractivity contribution is 9.10. The van der Waals surface area contributed by atoms with Crippen molar-refractivity contribution in [2.75, 3.05) is 26.9 Å². The molecule has 2 unspecified atom stereocenters. The molecule has 1 aliphatic rings. The van der Waals surface area contributed by atoms with Gasteiger partial charge in [-0.05, 0) is 6.42 Å². The molecule has 0 saturated carbocycles. The molecule has 0 bridgehead atoms. The van der Waals surface area contributed by atoms with E-state index < -0.39 is 0 Å². The zero-order chi connectivity index (χ0) is 9.68. The van der Waals surface area contributed by atoms with Crippen LogP contribution in [0.15, 0.2) is 0 Å². The average molecular weight is 252 g/mol. The van der Waals surface area contributed by atoms with Gasteiger partial charge in [0.1, 0.15) is 4.83 Å². The van der Waals surface area contributed by atoms with Gasteiger partial charge in [0.2, 0.25) is 0 Å². The summed E-state index contributed by atoms with van der Waals surface area (Å²) < 4.78 is 9.75. The Bertz CT molecular complexity index is 171. The number of hydrogen-bond acceptors (Lipinski definition) is 4. The zero-order valence-corrected chi connectivity index (χ0v) is 9.17. The van der Waals surface area contributed by atoms with E-state index in [4.69, 9.17) is 4.74 Å². The number of halogens is 1. The van der Waals surface area contributed by atoms with Crippen molar-refractivity contribution in [2.24, 2.45) is 0 Å². The highest BCUT2D eigenvalue weighted by Crippen LogP contribution is 2.05. The van der Waals surface area contributed by atoms with Crippen LogP contribution >= 0.6 is 15.9 Å². The first-order chi connectivity index (χ1) is 6.24. The van der Waals surface area contributed by atoms with Crippen LogP contribution < -0.4 is 5.32 Å². The molecule has 0 aromatic heterocycles. The van der Waals surface area contributed by atoms with Gasteiger partial charge in [-0.15, -0.1) is 0 Å². The molecule has 76 valence electrons. The Morgan fingerprint density at radius 3 is 3.15 bits per heavy atom. The second kappa shape index (κ2) is 5.57. The van der Waals surface area contributed by atoms with E-state index in [1.54, 1.807) is 0 Å². The molecule has 2 atom stereocenters. The summed E-state index contributed by atoms with van der Waals surface area (Å²) in [5.41, 5.74) is 0. The molecule has 0 aromatic rings. The minimum atomic E-state index is -0.266. The Morgan fingerprint density at radius 1 is 1.85 bits per heavy atom. The normalized spacial score (nSPS) is 24.3. The molecule has 1 saturated heterocycles. The summed E-state index contributed by atoms with van der Waals surface area (Å²) in [7, 11) is 1.38. The van der Waals surface area contributed by atoms with Gasteiger partial charge < -0.3 is 14.8 Å². The number of carbonyl (C=O) groups excluding carboxylic acids is 1. The lowest BCUT2D eigenvalue weighted by atomic mass is 10.2. The summed E-state index contributed by atoms with van der Waals surface area (Å²) >= 11 is 3.23. The average Bonchev–Trinajstić information content (AvgIpc) is 2.65. The molecular formula is C8H14BrNO3. The van der Waals surface area contributed by atoms with Crippen molar-refractivity contribution >= 4 is 21.9 Å². The molecule has 1 aliphatic heterocycles. The predicted molar refractivity (Wildman–Crippen MR) is 52.0 cm³/mol. The molecule has 0 aromatic carbocycles. The van der Waals surface area contributed by atoms with E-state index in [1.807, 2.05) is 0 Å². The number of alkyl halides is 1. The molecule has 13 heavy (non-hydrogen) atoms. The fourth-order valence-corrected chi connectivity index (χ4v) is 1.55. The van der Waals surface area contributed by atoms with Gasteiger partial charge in [-0.25, -0.2) is 0 Å². The Balaban J connectivity index is 2.13. The lowest BCUT2D eigenvalue weighted by molar-refractivity contribution is -0.139. The van der Waals surface area contributed by atoms with E-state index in [0.29, 0.717) is 12.6 Å². The van der Waals surface area contributed by atoms with Gasteiger partial charge in [-0.3, -0.25) is 4.79 Å². The van der Waals surface area contributed by atoms with Crippen molar-refractivity contribution in [2.45, 2.75) is 17.3 Å². The van der Waals surface area contributed by atoms with Crippen LogP contribution in [-0.2, 0) is 14.3 Å². The number of hydrogen-bond donors (Lipinski definition) is 1. The summed E-state index contributed by atoms with van der Waals surface area (Å²) in [6.45, 7) is 2.13. The third-order valence-electron chi connectivity index (χ3n) is 1.97. The zero-order valence-electron chi connectivity index (χ0n) is 7.59. The molecule has 0 amide bonds. The minimum absolute atomic E-state index is 0.244. The lowest BCUT2D eigenvalue weighted by Gasteiger charge is -2.12. The highest BCUT2D eigenvalue weighted by Gasteiger charge is 2.19. The van der Waals surface area contributed by atoms with Crippen molar-refractivity contribution < 1.29 is 14.3 Å². The maximum atomic E-state index is 11.0. The van der Waals surface area contributed by atoms with Crippen LogP contribution in [-0.4, -0.2) is 43.7 Å². The van der Waals surface area contributed by atoms with Crippen LogP contribution in [0.2, 0.25) is 0 Å². The first-order valence-electron chi connectivity index (χ1n) is 4.27. The molecular weight excluding hydrogens is 238 g/mol. The first-order valence-corrected chi connectivity index (χ1v) is 5.18. The van der Waals surface area contributed by atoms with E-state index in [2.05, 4.69) is 26.0 Å². The van der Waals surface area contributed by atoms with Crippen molar-refractivity contribution in [1.29, 1.82) is 0 Å². The SMILES string of the molecule is COC(=O)C(Br)CNC1CCOC1. The summed E-state index contributed by atoms with van der Waals surface area (Å²) in [6, 6.07) is 0.379. The van der Waals surface area contributed by atoms with Crippen molar-refractivity contribution in [3.05, 3.63) is 0 Å². The molecule has 4 nitrogen and oxygen atoms in total. The van der Waals surface area contributed by atoms with Crippen LogP contribution in [0.25, 0.3) is 0 Å². The van der Waals surface area contributed by atoms with E-state index in [-0.39, 0.29) is 10.8 Å². The van der Waals surface area contributed by atoms with Gasteiger partial charge in [0.15, 0.2) is 0 Å². The number of esters is 1. The van der Waals surface area contributed by atoms with Crippen molar-refractivity contribution in [1.82, 2.24) is 5.32 Å². The lowest BCUT2D eigenvalue weighted by Crippen LogP contribution is -2.37. The van der Waals surface area contributed by atoms with Gasteiger partial charge in [-0.1, -0.05) is 15.9 Å². The number of methoxy groups -OCH3 is 1. The Morgan fingerprint density at radius 2 is 2.62 bits per heavy atom. The third kappa shape index (κ3) is 3.62. The van der Waals surface area contributed by atoms with E-state index >= 15 is 0 Å². The monoisotopic (exact) mass is 251 g/mol. The first kappa shape index (κ1) is 10.9. The number of ether oxygens (including phenoxy) is 2. The number of nitrogens with one attached hydrogen (secondary N) is 1. The molecule has 0 radical (unpaired) electrons. The second-order valence-corrected chi connectivity index (χ2v) is 4.06. The summed E-state index contributed by atoms with van der Waals surface area (Å²) in [6.07, 6.45) is 1.01. The predicted octanol–water partition coefficient (Wildman–Crippen LogP) is 0.301. The topological polar surface area (TPSA) is 47.6 Å². The van der Waals surface area contributed by atoms with Crippen molar-refractivity contribution in [3.8, 4) is 0 Å². The maximum absolute atomic E-state index is 11.0. The second-order valence-electron chi connectivity index (χ2n) is 2.96. The molecule has 1 heterocycles. The maximum Gasteiger partial charge on any atom is 0.320 e. The van der Waals surface area contributed by atoms with Crippen LogP contribution in [0, 0.1) is 0 Å². The van der Waals surface area contributed by atoms with Gasteiger partial charge in [0.05, 0.1) is 13.7 Å². The fraction of sp³-hybridized carbons (Fsp3) is 0.875. The molecule has 1 fully saturated rings. The quantitative estimate of drug-likeness (QED) is 0.577. The molecule has 0 aliphatic carbocycles. The van der Waals surface area contributed by atoms with Crippen LogP contribution in [0.1, 0.15) is 6.42 Å². The molecule has 0 spiro atoms. The van der Waals surface area contributed by atoms with Crippen LogP contribution in [0.4, 0.5) is 0 Å². The smallest absolute Gasteiger partial charge is 0.320 e. The van der Waals surface area contributed by atoms with E-state index in [9.17, 15) is 4.79 Å². The molecule has 1 N–H and O–H groups in total. The van der Waals surface area contributed by atoms with E-state index in [1.165, 1.54) is 7.11 Å². The van der Waals surface area contributed by atoms with Crippen LogP contribution in [0.5, 0.6) is 0 Å². The van der Waals surface area contributed by atoms with Gasteiger partial charge >= 0.3 is 5.97 Å². The third-order valence-corrected chi connectivity index (χ3v) is 2.67. The standard InChI is InChI=1S/C8H14BrNO3/c1-12-8(11)7(9)4-10-6-2-3-13-5-6/h6-7,10H,2-5H2,1H3. The van der Waals surface area contributed by atoms with Crippen molar-refractivity contribution in [3.63, 3.8) is 0 Å². The number of rotatable bonds is 4. The van der Waals surface area contributed by atoms with Gasteiger partial charge in [-0.2, -0.15) is 0 Å². The summed E-state index contributed by atoms with van der Waals surface area (Å²) in [5, 5.41) is 3.22. The van der Waals surface area contributed by atoms with Gasteiger partial charge in [0, 0.05) is 19.2 Å². The molecule has 5 heteroatoms. The van der Waals surface area contributed by atoms with E-state index in [0.717, 1.165) is 19.6 Å². The fourth-order valence-electron chi connectivity index (χ4n) is 1.18. The Labute approximate surface area is 86.1 Å². The summed E-state index contributed by atoms with van der Waals surface area (Å²) in [4.78, 5) is 10.7. The van der Waals surface area contributed by atoms with Crippen LogP contribution in [0.3, 0.4) is 0 Å². The van der Waals surface area contributed by atoms with Gasteiger partial charge in [0.25, 0.3) is 0 Å². The highest BCUT2D eigenvalue weighted by atomic mass is 79.9. The molecule has 1 rings (SSSR count). The Hall–Kier alpha value is -0.130. The Kier molecular flexibility index (Phi) is 4.69.